The minimum atomic E-state index is -4.54. The molecule has 11 heteroatoms. The first-order valence-corrected chi connectivity index (χ1v) is 11.0. The monoisotopic (exact) mass is 487 g/mol. The summed E-state index contributed by atoms with van der Waals surface area (Å²) in [5, 5.41) is 5.94. The minimum absolute atomic E-state index is 0.00136. The standard InChI is InChI=1S/C24H24F3N5O3/c25-24(26,27)16-35-23-31-21-28-17-8-6-10-19(14-17)33-12-4-2-1-3-5-13-34-20-11-7-9-18(15-20)29-22(30-21)32-23/h2,4,6-11,14-15H,1,3,5,12-13,16H2,(H2,28,29,30,31,32)/b4-2+. The van der Waals surface area contributed by atoms with Crippen molar-refractivity contribution in [2.45, 2.75) is 25.4 Å². The van der Waals surface area contributed by atoms with Gasteiger partial charge in [0.25, 0.3) is 0 Å². The van der Waals surface area contributed by atoms with Crippen LogP contribution in [-0.2, 0) is 0 Å². The molecule has 4 rings (SSSR count). The van der Waals surface area contributed by atoms with Gasteiger partial charge >= 0.3 is 12.2 Å². The molecule has 0 unspecified atom stereocenters. The van der Waals surface area contributed by atoms with Crippen LogP contribution in [-0.4, -0.2) is 40.9 Å². The summed E-state index contributed by atoms with van der Waals surface area (Å²) in [5.74, 6) is 1.26. The fraction of sp³-hybridized carbons (Fsp3) is 0.292. The molecule has 1 aromatic heterocycles. The highest BCUT2D eigenvalue weighted by atomic mass is 19.4. The Morgan fingerprint density at radius 3 is 2.14 bits per heavy atom. The maximum atomic E-state index is 12.7. The topological polar surface area (TPSA) is 90.4 Å². The first-order valence-electron chi connectivity index (χ1n) is 11.0. The van der Waals surface area contributed by atoms with Gasteiger partial charge in [-0.15, -0.1) is 0 Å². The third-order valence-electron chi connectivity index (χ3n) is 4.71. The molecular weight excluding hydrogens is 463 g/mol. The van der Waals surface area contributed by atoms with Crippen LogP contribution in [0.15, 0.2) is 60.7 Å². The predicted molar refractivity (Wildman–Crippen MR) is 125 cm³/mol. The quantitative estimate of drug-likeness (QED) is 0.439. The zero-order valence-electron chi connectivity index (χ0n) is 18.7. The number of hydrogen-bond donors (Lipinski definition) is 2. The van der Waals surface area contributed by atoms with Crippen LogP contribution in [0.3, 0.4) is 0 Å². The maximum Gasteiger partial charge on any atom is 0.422 e. The van der Waals surface area contributed by atoms with Crippen molar-refractivity contribution >= 4 is 23.3 Å². The van der Waals surface area contributed by atoms with Crippen LogP contribution in [0.25, 0.3) is 0 Å². The highest BCUT2D eigenvalue weighted by molar-refractivity contribution is 5.60. The lowest BCUT2D eigenvalue weighted by molar-refractivity contribution is -0.154. The second-order valence-corrected chi connectivity index (χ2v) is 7.60. The van der Waals surface area contributed by atoms with Crippen molar-refractivity contribution in [1.82, 2.24) is 15.0 Å². The van der Waals surface area contributed by atoms with Gasteiger partial charge in [0.1, 0.15) is 18.1 Å². The van der Waals surface area contributed by atoms with Crippen molar-refractivity contribution in [3.63, 3.8) is 0 Å². The highest BCUT2D eigenvalue weighted by Crippen LogP contribution is 2.25. The highest BCUT2D eigenvalue weighted by Gasteiger charge is 2.29. The lowest BCUT2D eigenvalue weighted by atomic mass is 10.2. The van der Waals surface area contributed by atoms with Gasteiger partial charge < -0.3 is 24.8 Å². The van der Waals surface area contributed by atoms with E-state index < -0.39 is 18.8 Å². The van der Waals surface area contributed by atoms with E-state index in [1.807, 2.05) is 12.1 Å². The molecule has 6 bridgehead atoms. The molecule has 1 aliphatic heterocycles. The first-order chi connectivity index (χ1) is 16.9. The summed E-state index contributed by atoms with van der Waals surface area (Å²) in [6, 6.07) is 13.7. The van der Waals surface area contributed by atoms with Crippen LogP contribution in [0.5, 0.6) is 17.5 Å². The summed E-state index contributed by atoms with van der Waals surface area (Å²) < 4.78 is 54.4. The molecule has 0 saturated heterocycles. The summed E-state index contributed by atoms with van der Waals surface area (Å²) in [6.07, 6.45) is 2.26. The van der Waals surface area contributed by atoms with Crippen LogP contribution in [0.4, 0.5) is 36.4 Å². The van der Waals surface area contributed by atoms with Crippen LogP contribution >= 0.6 is 0 Å². The maximum absolute atomic E-state index is 12.7. The molecule has 184 valence electrons. The molecule has 2 aromatic carbocycles. The zero-order valence-corrected chi connectivity index (χ0v) is 18.7. The Morgan fingerprint density at radius 2 is 1.49 bits per heavy atom. The number of alkyl halides is 3. The Balaban J connectivity index is 1.64. The zero-order chi connectivity index (χ0) is 24.5. The second-order valence-electron chi connectivity index (χ2n) is 7.60. The van der Waals surface area contributed by atoms with E-state index >= 15 is 0 Å². The van der Waals surface area contributed by atoms with E-state index in [4.69, 9.17) is 14.2 Å². The Bertz CT molecular complexity index is 1160. The molecule has 0 atom stereocenters. The van der Waals surface area contributed by atoms with Gasteiger partial charge in [0, 0.05) is 23.5 Å². The molecule has 0 fully saturated rings. The van der Waals surface area contributed by atoms with Gasteiger partial charge in [-0.3, -0.25) is 0 Å². The first kappa shape index (κ1) is 24.1. The second kappa shape index (κ2) is 11.4. The molecule has 8 nitrogen and oxygen atoms in total. The number of anilines is 4. The number of allylic oxidation sites excluding steroid dienone is 1. The molecule has 0 spiro atoms. The number of aromatic nitrogens is 3. The van der Waals surface area contributed by atoms with Gasteiger partial charge in [-0.1, -0.05) is 24.3 Å². The third-order valence-corrected chi connectivity index (χ3v) is 4.71. The Morgan fingerprint density at radius 1 is 0.829 bits per heavy atom. The molecule has 2 heterocycles. The minimum Gasteiger partial charge on any atom is -0.494 e. The number of nitrogens with one attached hydrogen (secondary N) is 2. The van der Waals surface area contributed by atoms with E-state index in [0.29, 0.717) is 36.1 Å². The summed E-state index contributed by atoms with van der Waals surface area (Å²) in [7, 11) is 0. The van der Waals surface area contributed by atoms with E-state index in [0.717, 1.165) is 19.3 Å². The number of ether oxygens (including phenoxy) is 3. The summed E-state index contributed by atoms with van der Waals surface area (Å²) in [5.41, 5.74) is 1.17. The Kier molecular flexibility index (Phi) is 7.86. The Hall–Kier alpha value is -4.02. The number of hydrogen-bond acceptors (Lipinski definition) is 8. The van der Waals surface area contributed by atoms with Crippen molar-refractivity contribution in [2.24, 2.45) is 0 Å². The van der Waals surface area contributed by atoms with Crippen molar-refractivity contribution in [2.75, 3.05) is 30.5 Å². The largest absolute Gasteiger partial charge is 0.494 e. The third kappa shape index (κ3) is 8.05. The molecule has 3 aromatic rings. The van der Waals surface area contributed by atoms with Crippen LogP contribution < -0.4 is 24.8 Å². The molecule has 35 heavy (non-hydrogen) atoms. The number of halogens is 3. The number of fused-ring (bicyclic) bond motifs is 6. The van der Waals surface area contributed by atoms with E-state index in [9.17, 15) is 13.2 Å². The lowest BCUT2D eigenvalue weighted by Gasteiger charge is -2.13. The van der Waals surface area contributed by atoms with Crippen LogP contribution in [0, 0.1) is 0 Å². The molecule has 0 aliphatic carbocycles. The van der Waals surface area contributed by atoms with Gasteiger partial charge in [0.2, 0.25) is 11.9 Å². The van der Waals surface area contributed by atoms with Gasteiger partial charge in [-0.05, 0) is 43.5 Å². The fourth-order valence-electron chi connectivity index (χ4n) is 3.15. The number of rotatable bonds is 2. The number of benzene rings is 2. The molecule has 0 amide bonds. The van der Waals surface area contributed by atoms with E-state index in [1.165, 1.54) is 0 Å². The van der Waals surface area contributed by atoms with Gasteiger partial charge in [0.15, 0.2) is 6.61 Å². The molecular formula is C24H24F3N5O3. The van der Waals surface area contributed by atoms with E-state index in [2.05, 4.69) is 31.7 Å². The van der Waals surface area contributed by atoms with Crippen LogP contribution in [0.2, 0.25) is 0 Å². The molecule has 0 saturated carbocycles. The van der Waals surface area contributed by atoms with E-state index in [1.54, 1.807) is 42.5 Å². The van der Waals surface area contributed by atoms with Crippen molar-refractivity contribution < 1.29 is 27.4 Å². The summed E-state index contributed by atoms with van der Waals surface area (Å²) >= 11 is 0. The molecule has 1 aliphatic rings. The normalized spacial score (nSPS) is 15.4. The average molecular weight is 487 g/mol. The predicted octanol–water partition coefficient (Wildman–Crippen LogP) is 5.80. The fourth-order valence-corrected chi connectivity index (χ4v) is 3.15. The molecule has 0 radical (unpaired) electrons. The van der Waals surface area contributed by atoms with Crippen molar-refractivity contribution in [3.05, 3.63) is 60.7 Å². The average Bonchev–Trinajstić information content (AvgIpc) is 2.81. The van der Waals surface area contributed by atoms with Gasteiger partial charge in [-0.2, -0.15) is 28.1 Å². The van der Waals surface area contributed by atoms with E-state index in [-0.39, 0.29) is 11.9 Å². The summed E-state index contributed by atoms with van der Waals surface area (Å²) in [4.78, 5) is 12.2. The molecule has 2 N–H and O–H groups in total. The summed E-state index contributed by atoms with van der Waals surface area (Å²) in [6.45, 7) is -0.575. The Labute approximate surface area is 200 Å². The van der Waals surface area contributed by atoms with Crippen molar-refractivity contribution in [3.8, 4) is 17.5 Å². The number of nitrogens with zero attached hydrogens (tertiary/aromatic N) is 3. The smallest absolute Gasteiger partial charge is 0.422 e. The van der Waals surface area contributed by atoms with Gasteiger partial charge in [0.05, 0.1) is 6.61 Å². The lowest BCUT2D eigenvalue weighted by Crippen LogP contribution is -2.20. The van der Waals surface area contributed by atoms with Crippen LogP contribution in [0.1, 0.15) is 19.3 Å². The SMILES string of the molecule is FC(F)(F)COc1nc2nc(n1)Nc1cccc(c1)OCCCC/C=C/COc1cccc(c1)N2. The van der Waals surface area contributed by atoms with Gasteiger partial charge in [-0.25, -0.2) is 0 Å². The van der Waals surface area contributed by atoms with Crippen molar-refractivity contribution in [1.29, 1.82) is 0 Å².